The second-order valence-corrected chi connectivity index (χ2v) is 7.09. The highest BCUT2D eigenvalue weighted by Crippen LogP contribution is 2.23. The van der Waals surface area contributed by atoms with E-state index < -0.39 is 10.0 Å². The van der Waals surface area contributed by atoms with E-state index in [1.165, 1.54) is 12.1 Å². The first-order valence-electron chi connectivity index (χ1n) is 7.01. The van der Waals surface area contributed by atoms with Gasteiger partial charge < -0.3 is 11.1 Å². The maximum Gasteiger partial charge on any atom is 0.238 e. The summed E-state index contributed by atoms with van der Waals surface area (Å²) in [5.41, 5.74) is 6.71. The second kappa shape index (κ2) is 7.92. The van der Waals surface area contributed by atoms with Crippen molar-refractivity contribution >= 4 is 28.3 Å². The molecule has 8 heteroatoms. The fourth-order valence-corrected chi connectivity index (χ4v) is 3.11. The summed E-state index contributed by atoms with van der Waals surface area (Å²) >= 11 is 0. The summed E-state index contributed by atoms with van der Waals surface area (Å²) in [6.07, 6.45) is 3.58. The van der Waals surface area contributed by atoms with E-state index in [-0.39, 0.29) is 35.2 Å². The molecule has 0 aromatic heterocycles. The maximum atomic E-state index is 12.1. The van der Waals surface area contributed by atoms with Gasteiger partial charge >= 0.3 is 0 Å². The van der Waals surface area contributed by atoms with Crippen molar-refractivity contribution in [1.29, 1.82) is 0 Å². The van der Waals surface area contributed by atoms with E-state index in [1.807, 2.05) is 0 Å². The lowest BCUT2D eigenvalue weighted by atomic mass is 9.85. The van der Waals surface area contributed by atoms with Gasteiger partial charge in [0, 0.05) is 18.5 Å². The Kier molecular flexibility index (Phi) is 6.80. The number of hydrogen-bond donors (Lipinski definition) is 3. The van der Waals surface area contributed by atoms with Crippen LogP contribution < -0.4 is 16.2 Å². The van der Waals surface area contributed by atoms with Gasteiger partial charge in [0.05, 0.1) is 4.90 Å². The maximum absolute atomic E-state index is 12.1. The molecule has 2 unspecified atom stereocenters. The van der Waals surface area contributed by atoms with Gasteiger partial charge in [0.15, 0.2) is 0 Å². The first kappa shape index (κ1) is 18.9. The first-order valence-corrected chi connectivity index (χ1v) is 8.56. The summed E-state index contributed by atoms with van der Waals surface area (Å²) in [5, 5.41) is 7.90. The predicted molar refractivity (Wildman–Crippen MR) is 86.8 cm³/mol. The van der Waals surface area contributed by atoms with Gasteiger partial charge in [0.1, 0.15) is 0 Å². The van der Waals surface area contributed by atoms with Crippen molar-refractivity contribution in [3.05, 3.63) is 29.8 Å². The van der Waals surface area contributed by atoms with Crippen LogP contribution in [-0.2, 0) is 21.4 Å². The summed E-state index contributed by atoms with van der Waals surface area (Å²) < 4.78 is 22.3. The number of carbonyl (C=O) groups excluding carboxylic acids is 1. The minimum absolute atomic E-state index is 0. The van der Waals surface area contributed by atoms with Crippen molar-refractivity contribution in [3.8, 4) is 0 Å². The molecule has 1 saturated carbocycles. The Hall–Kier alpha value is -1.15. The number of primary sulfonamides is 1. The molecule has 2 rings (SSSR count). The van der Waals surface area contributed by atoms with Crippen LogP contribution in [-0.4, -0.2) is 20.4 Å². The molecule has 0 saturated heterocycles. The number of halogens is 1. The SMILES string of the molecule is Cl.NC1CCCC(C(=O)NCc2ccc(S(N)(=O)=O)cc2)C1. The Morgan fingerprint density at radius 2 is 1.86 bits per heavy atom. The molecular formula is C14H22ClN3O3S. The number of nitrogens with one attached hydrogen (secondary N) is 1. The number of sulfonamides is 1. The molecule has 0 spiro atoms. The third-order valence-electron chi connectivity index (χ3n) is 3.80. The van der Waals surface area contributed by atoms with E-state index in [2.05, 4.69) is 5.32 Å². The lowest BCUT2D eigenvalue weighted by Gasteiger charge is -2.25. The molecule has 1 amide bonds. The zero-order chi connectivity index (χ0) is 15.5. The number of rotatable bonds is 4. The number of amides is 1. The Labute approximate surface area is 137 Å². The summed E-state index contributed by atoms with van der Waals surface area (Å²) in [5.74, 6) is -0.00174. The first-order chi connectivity index (χ1) is 9.86. The van der Waals surface area contributed by atoms with E-state index in [4.69, 9.17) is 10.9 Å². The fourth-order valence-electron chi connectivity index (χ4n) is 2.60. The van der Waals surface area contributed by atoms with Crippen molar-refractivity contribution < 1.29 is 13.2 Å². The molecule has 0 bridgehead atoms. The van der Waals surface area contributed by atoms with Gasteiger partial charge in [-0.2, -0.15) is 0 Å². The average Bonchev–Trinajstić information content (AvgIpc) is 2.44. The zero-order valence-corrected chi connectivity index (χ0v) is 13.8. The van der Waals surface area contributed by atoms with Crippen LogP contribution in [0, 0.1) is 5.92 Å². The van der Waals surface area contributed by atoms with Crippen molar-refractivity contribution in [2.75, 3.05) is 0 Å². The van der Waals surface area contributed by atoms with Crippen LogP contribution in [0.4, 0.5) is 0 Å². The van der Waals surface area contributed by atoms with E-state index in [9.17, 15) is 13.2 Å². The van der Waals surface area contributed by atoms with Crippen molar-refractivity contribution in [2.24, 2.45) is 16.8 Å². The predicted octanol–water partition coefficient (Wildman–Crippen LogP) is 0.890. The zero-order valence-electron chi connectivity index (χ0n) is 12.2. The van der Waals surface area contributed by atoms with E-state index in [0.29, 0.717) is 6.54 Å². The van der Waals surface area contributed by atoms with Crippen molar-refractivity contribution in [2.45, 2.75) is 43.2 Å². The van der Waals surface area contributed by atoms with E-state index in [1.54, 1.807) is 12.1 Å². The van der Waals surface area contributed by atoms with Crippen LogP contribution in [0.3, 0.4) is 0 Å². The standard InChI is InChI=1S/C14H21N3O3S.ClH/c15-12-3-1-2-11(8-12)14(18)17-9-10-4-6-13(7-5-10)21(16,19)20;/h4-7,11-12H,1-3,8-9,15H2,(H,17,18)(H2,16,19,20);1H. The van der Waals surface area contributed by atoms with Crippen LogP contribution in [0.2, 0.25) is 0 Å². The van der Waals surface area contributed by atoms with Gasteiger partial charge in [0.2, 0.25) is 15.9 Å². The highest BCUT2D eigenvalue weighted by Gasteiger charge is 2.24. The van der Waals surface area contributed by atoms with Crippen LogP contribution in [0.1, 0.15) is 31.2 Å². The van der Waals surface area contributed by atoms with Crippen LogP contribution in [0.5, 0.6) is 0 Å². The van der Waals surface area contributed by atoms with Gasteiger partial charge in [-0.05, 0) is 37.0 Å². The molecule has 2 atom stereocenters. The fraction of sp³-hybridized carbons (Fsp3) is 0.500. The van der Waals surface area contributed by atoms with Gasteiger partial charge in [-0.25, -0.2) is 13.6 Å². The molecule has 6 nitrogen and oxygen atoms in total. The number of carbonyl (C=O) groups is 1. The molecule has 1 aromatic carbocycles. The molecule has 1 aliphatic rings. The highest BCUT2D eigenvalue weighted by atomic mass is 35.5. The molecule has 1 fully saturated rings. The average molecular weight is 348 g/mol. The summed E-state index contributed by atoms with van der Waals surface area (Å²) in [7, 11) is -3.68. The van der Waals surface area contributed by atoms with Gasteiger partial charge in [-0.3, -0.25) is 4.79 Å². The second-order valence-electron chi connectivity index (χ2n) is 5.53. The van der Waals surface area contributed by atoms with Crippen molar-refractivity contribution in [3.63, 3.8) is 0 Å². The van der Waals surface area contributed by atoms with Gasteiger partial charge in [0.25, 0.3) is 0 Å². The monoisotopic (exact) mass is 347 g/mol. The molecule has 0 radical (unpaired) electrons. The highest BCUT2D eigenvalue weighted by molar-refractivity contribution is 7.89. The molecule has 1 aromatic rings. The summed E-state index contributed by atoms with van der Waals surface area (Å²) in [4.78, 5) is 12.1. The van der Waals surface area contributed by atoms with Gasteiger partial charge in [-0.15, -0.1) is 12.4 Å². The molecule has 0 heterocycles. The lowest BCUT2D eigenvalue weighted by molar-refractivity contribution is -0.126. The molecule has 22 heavy (non-hydrogen) atoms. The minimum Gasteiger partial charge on any atom is -0.352 e. The van der Waals surface area contributed by atoms with Crippen LogP contribution in [0.25, 0.3) is 0 Å². The third-order valence-corrected chi connectivity index (χ3v) is 4.73. The Balaban J connectivity index is 0.00000242. The summed E-state index contributed by atoms with van der Waals surface area (Å²) in [6.45, 7) is 0.371. The smallest absolute Gasteiger partial charge is 0.238 e. The summed E-state index contributed by atoms with van der Waals surface area (Å²) in [6, 6.07) is 6.28. The minimum atomic E-state index is -3.68. The number of benzene rings is 1. The molecule has 5 N–H and O–H groups in total. The third kappa shape index (κ3) is 5.24. The largest absolute Gasteiger partial charge is 0.352 e. The Bertz CT molecular complexity index is 604. The lowest BCUT2D eigenvalue weighted by Crippen LogP contribution is -2.37. The van der Waals surface area contributed by atoms with Crippen LogP contribution >= 0.6 is 12.4 Å². The Morgan fingerprint density at radius 3 is 2.41 bits per heavy atom. The molecular weight excluding hydrogens is 326 g/mol. The topological polar surface area (TPSA) is 115 Å². The van der Waals surface area contributed by atoms with Gasteiger partial charge in [-0.1, -0.05) is 18.6 Å². The van der Waals surface area contributed by atoms with E-state index >= 15 is 0 Å². The molecule has 124 valence electrons. The quantitative estimate of drug-likeness (QED) is 0.750. The number of hydrogen-bond acceptors (Lipinski definition) is 4. The number of nitrogens with two attached hydrogens (primary N) is 2. The van der Waals surface area contributed by atoms with E-state index in [0.717, 1.165) is 31.2 Å². The Morgan fingerprint density at radius 1 is 1.23 bits per heavy atom. The van der Waals surface area contributed by atoms with Crippen molar-refractivity contribution in [1.82, 2.24) is 5.32 Å². The normalized spacial score (nSPS) is 21.7. The molecule has 0 aliphatic heterocycles. The van der Waals surface area contributed by atoms with Crippen LogP contribution in [0.15, 0.2) is 29.2 Å². The molecule has 1 aliphatic carbocycles.